The zero-order valence-electron chi connectivity index (χ0n) is 16.8. The van der Waals surface area contributed by atoms with E-state index < -0.39 is 0 Å². The van der Waals surface area contributed by atoms with Crippen molar-refractivity contribution in [2.24, 2.45) is 0 Å². The van der Waals surface area contributed by atoms with Gasteiger partial charge in [0.25, 0.3) is 0 Å². The molecule has 0 N–H and O–H groups in total. The molecule has 0 saturated carbocycles. The number of carbonyl (C=O) groups excluding carboxylic acids is 2. The van der Waals surface area contributed by atoms with E-state index in [-0.39, 0.29) is 17.1 Å². The molecule has 146 valence electrons. The van der Waals surface area contributed by atoms with Gasteiger partial charge in [-0.1, -0.05) is 78.9 Å². The summed E-state index contributed by atoms with van der Waals surface area (Å²) in [6.45, 7) is 5.87. The normalized spacial score (nSPS) is 10.3. The molecule has 3 nitrogen and oxygen atoms in total. The lowest BCUT2D eigenvalue weighted by atomic mass is 9.93. The van der Waals surface area contributed by atoms with Gasteiger partial charge in [-0.3, -0.25) is 9.59 Å². The summed E-state index contributed by atoms with van der Waals surface area (Å²) in [5.41, 5.74) is 3.05. The molecule has 3 aromatic rings. The third-order valence-electron chi connectivity index (χ3n) is 4.90. The molecule has 0 aliphatic carbocycles. The van der Waals surface area contributed by atoms with E-state index in [4.69, 9.17) is 0 Å². The summed E-state index contributed by atoms with van der Waals surface area (Å²) < 4.78 is 0. The highest BCUT2D eigenvalue weighted by molar-refractivity contribution is 6.33. The highest BCUT2D eigenvalue weighted by Gasteiger charge is 2.22. The number of allylic oxidation sites excluding steroid dienone is 1. The number of hydrogen-bond donors (Lipinski definition) is 0. The summed E-state index contributed by atoms with van der Waals surface area (Å²) in [6.07, 6.45) is 1.73. The van der Waals surface area contributed by atoms with Gasteiger partial charge >= 0.3 is 0 Å². The number of anilines is 1. The minimum atomic E-state index is -0.270. The SMILES string of the molecule is CCN(CC)c1ccccc1C=C(C(=O)c1ccccc1)C(=O)c1ccccc1. The molecule has 0 atom stereocenters. The predicted molar refractivity (Wildman–Crippen MR) is 120 cm³/mol. The minimum Gasteiger partial charge on any atom is -0.372 e. The number of carbonyl (C=O) groups is 2. The molecule has 0 saturated heterocycles. The number of benzene rings is 3. The molecule has 0 heterocycles. The fourth-order valence-corrected chi connectivity index (χ4v) is 3.34. The molecule has 0 fully saturated rings. The quantitative estimate of drug-likeness (QED) is 0.217. The first-order chi connectivity index (χ1) is 14.2. The van der Waals surface area contributed by atoms with Crippen molar-refractivity contribution in [1.29, 1.82) is 0 Å². The lowest BCUT2D eigenvalue weighted by Gasteiger charge is -2.23. The van der Waals surface area contributed by atoms with Crippen LogP contribution in [0.4, 0.5) is 5.69 Å². The average Bonchev–Trinajstić information content (AvgIpc) is 2.79. The third kappa shape index (κ3) is 4.69. The van der Waals surface area contributed by atoms with Crippen LogP contribution in [0.1, 0.15) is 40.1 Å². The standard InChI is InChI=1S/C26H25NO2/c1-3-27(4-2)24-18-12-11-17-22(24)19-23(25(28)20-13-7-5-8-14-20)26(29)21-15-9-6-10-16-21/h5-19H,3-4H2,1-2H3. The van der Waals surface area contributed by atoms with E-state index in [2.05, 4.69) is 18.7 Å². The molecule has 3 rings (SSSR count). The van der Waals surface area contributed by atoms with Crippen LogP contribution in [0, 0.1) is 0 Å². The van der Waals surface area contributed by atoms with Gasteiger partial charge in [0.2, 0.25) is 0 Å². The van der Waals surface area contributed by atoms with Gasteiger partial charge in [0, 0.05) is 29.9 Å². The van der Waals surface area contributed by atoms with Crippen LogP contribution in [0.3, 0.4) is 0 Å². The largest absolute Gasteiger partial charge is 0.372 e. The fourth-order valence-electron chi connectivity index (χ4n) is 3.34. The first kappa shape index (κ1) is 20.3. The highest BCUT2D eigenvalue weighted by atomic mass is 16.1. The van der Waals surface area contributed by atoms with Gasteiger partial charge in [0.1, 0.15) is 0 Å². The summed E-state index contributed by atoms with van der Waals surface area (Å²) in [4.78, 5) is 28.8. The van der Waals surface area contributed by atoms with Crippen LogP contribution < -0.4 is 4.90 Å². The van der Waals surface area contributed by atoms with Crippen LogP contribution in [0.25, 0.3) is 6.08 Å². The lowest BCUT2D eigenvalue weighted by molar-refractivity contribution is 0.0964. The number of rotatable bonds is 8. The molecule has 0 unspecified atom stereocenters. The zero-order chi connectivity index (χ0) is 20.6. The van der Waals surface area contributed by atoms with Crippen molar-refractivity contribution in [3.8, 4) is 0 Å². The van der Waals surface area contributed by atoms with E-state index in [0.29, 0.717) is 11.1 Å². The van der Waals surface area contributed by atoms with Crippen molar-refractivity contribution in [3.05, 3.63) is 107 Å². The third-order valence-corrected chi connectivity index (χ3v) is 4.90. The van der Waals surface area contributed by atoms with E-state index in [1.54, 1.807) is 30.3 Å². The Hall–Kier alpha value is -3.46. The molecule has 0 bridgehead atoms. The average molecular weight is 383 g/mol. The van der Waals surface area contributed by atoms with E-state index >= 15 is 0 Å². The first-order valence-electron chi connectivity index (χ1n) is 9.90. The Labute approximate surface area is 172 Å². The molecular formula is C26H25NO2. The van der Waals surface area contributed by atoms with Crippen molar-refractivity contribution in [3.63, 3.8) is 0 Å². The van der Waals surface area contributed by atoms with E-state index in [1.807, 2.05) is 60.7 Å². The van der Waals surface area contributed by atoms with Crippen molar-refractivity contribution < 1.29 is 9.59 Å². The van der Waals surface area contributed by atoms with Gasteiger partial charge in [-0.25, -0.2) is 0 Å². The summed E-state index contributed by atoms with van der Waals surface area (Å²) >= 11 is 0. The molecule has 0 radical (unpaired) electrons. The van der Waals surface area contributed by atoms with Gasteiger partial charge in [-0.2, -0.15) is 0 Å². The van der Waals surface area contributed by atoms with Gasteiger partial charge in [0.15, 0.2) is 11.6 Å². The van der Waals surface area contributed by atoms with Gasteiger partial charge < -0.3 is 4.90 Å². The maximum Gasteiger partial charge on any atom is 0.196 e. The van der Waals surface area contributed by atoms with E-state index in [9.17, 15) is 9.59 Å². The summed E-state index contributed by atoms with van der Waals surface area (Å²) in [6, 6.07) is 25.8. The maximum absolute atomic E-state index is 13.3. The summed E-state index contributed by atoms with van der Waals surface area (Å²) in [5.74, 6) is -0.539. The van der Waals surface area contributed by atoms with Crippen molar-refractivity contribution in [1.82, 2.24) is 0 Å². The molecule has 0 spiro atoms. The Morgan fingerprint density at radius 3 is 1.62 bits per heavy atom. The van der Waals surface area contributed by atoms with Crippen molar-refractivity contribution >= 4 is 23.3 Å². The number of hydrogen-bond acceptors (Lipinski definition) is 3. The number of Topliss-reactive ketones (excluding diaryl/α,β-unsaturated/α-hetero) is 2. The van der Waals surface area contributed by atoms with E-state index in [1.165, 1.54) is 0 Å². The molecule has 29 heavy (non-hydrogen) atoms. The Morgan fingerprint density at radius 1 is 0.690 bits per heavy atom. The van der Waals surface area contributed by atoms with Crippen LogP contribution in [-0.2, 0) is 0 Å². The van der Waals surface area contributed by atoms with Crippen LogP contribution in [0.2, 0.25) is 0 Å². The Bertz CT molecular complexity index is 950. The maximum atomic E-state index is 13.3. The minimum absolute atomic E-state index is 0.169. The van der Waals surface area contributed by atoms with Crippen LogP contribution >= 0.6 is 0 Å². The first-order valence-corrected chi connectivity index (χ1v) is 9.90. The second kappa shape index (κ2) is 9.65. The zero-order valence-corrected chi connectivity index (χ0v) is 16.8. The summed E-state index contributed by atoms with van der Waals surface area (Å²) in [5, 5.41) is 0. The molecule has 0 amide bonds. The number of nitrogens with zero attached hydrogens (tertiary/aromatic N) is 1. The second-order valence-corrected chi connectivity index (χ2v) is 6.68. The van der Waals surface area contributed by atoms with Gasteiger partial charge in [-0.05, 0) is 31.6 Å². The van der Waals surface area contributed by atoms with Crippen LogP contribution in [-0.4, -0.2) is 24.7 Å². The topological polar surface area (TPSA) is 37.4 Å². The van der Waals surface area contributed by atoms with Crippen LogP contribution in [0.15, 0.2) is 90.5 Å². The molecule has 3 aromatic carbocycles. The Balaban J connectivity index is 2.14. The van der Waals surface area contributed by atoms with Gasteiger partial charge in [0.05, 0.1) is 5.57 Å². The monoisotopic (exact) mass is 383 g/mol. The molecule has 0 aliphatic heterocycles. The van der Waals surface area contributed by atoms with Crippen molar-refractivity contribution in [2.45, 2.75) is 13.8 Å². The molecular weight excluding hydrogens is 358 g/mol. The molecule has 3 heteroatoms. The van der Waals surface area contributed by atoms with Crippen molar-refractivity contribution in [2.75, 3.05) is 18.0 Å². The molecule has 0 aromatic heterocycles. The number of ketones is 2. The Morgan fingerprint density at radius 2 is 1.14 bits per heavy atom. The van der Waals surface area contributed by atoms with E-state index in [0.717, 1.165) is 24.3 Å². The Kier molecular flexibility index (Phi) is 6.75. The highest BCUT2D eigenvalue weighted by Crippen LogP contribution is 2.25. The predicted octanol–water partition coefficient (Wildman–Crippen LogP) is 5.68. The second-order valence-electron chi connectivity index (χ2n) is 6.68. The smallest absolute Gasteiger partial charge is 0.196 e. The van der Waals surface area contributed by atoms with Crippen LogP contribution in [0.5, 0.6) is 0 Å². The lowest BCUT2D eigenvalue weighted by Crippen LogP contribution is -2.22. The summed E-state index contributed by atoms with van der Waals surface area (Å²) in [7, 11) is 0. The fraction of sp³-hybridized carbons (Fsp3) is 0.154. The molecule has 0 aliphatic rings. The number of para-hydroxylation sites is 1. The van der Waals surface area contributed by atoms with Gasteiger partial charge in [-0.15, -0.1) is 0 Å².